The second-order valence-electron chi connectivity index (χ2n) is 0.958. The minimum atomic E-state index is 1.47. The van der Waals surface area contributed by atoms with Crippen LogP contribution < -0.4 is 0 Å². The van der Waals surface area contributed by atoms with Crippen molar-refractivity contribution in [1.29, 1.82) is 0 Å². The third-order valence-electron chi connectivity index (χ3n) is 0.343. The van der Waals surface area contributed by atoms with E-state index in [1.807, 2.05) is 0 Å². The fourth-order valence-electron chi connectivity index (χ4n) is 0.165. The SMILES string of the molecule is C=C=C.c1cnnnn1. The Morgan fingerprint density at radius 3 is 1.44 bits per heavy atom. The molecule has 1 aromatic rings. The van der Waals surface area contributed by atoms with E-state index in [4.69, 9.17) is 0 Å². The van der Waals surface area contributed by atoms with Gasteiger partial charge in [-0.1, -0.05) is 13.2 Å². The summed E-state index contributed by atoms with van der Waals surface area (Å²) in [6.45, 7) is 6.25. The van der Waals surface area contributed by atoms with E-state index in [1.54, 1.807) is 0 Å². The van der Waals surface area contributed by atoms with Crippen molar-refractivity contribution in [2.45, 2.75) is 0 Å². The molecule has 4 nitrogen and oxygen atoms in total. The van der Waals surface area contributed by atoms with Crippen molar-refractivity contribution in [3.8, 4) is 0 Å². The molecule has 0 aliphatic carbocycles. The Morgan fingerprint density at radius 1 is 1.00 bits per heavy atom. The highest BCUT2D eigenvalue weighted by molar-refractivity contribution is 4.52. The third kappa shape index (κ3) is 6.46. The zero-order chi connectivity index (χ0) is 6.95. The molecule has 1 aromatic heterocycles. The van der Waals surface area contributed by atoms with Gasteiger partial charge in [0.25, 0.3) is 0 Å². The molecule has 0 bridgehead atoms. The third-order valence-corrected chi connectivity index (χ3v) is 0.343. The van der Waals surface area contributed by atoms with Gasteiger partial charge in [-0.25, -0.2) is 0 Å². The van der Waals surface area contributed by atoms with Gasteiger partial charge in [-0.2, -0.15) is 0 Å². The quantitative estimate of drug-likeness (QED) is 0.462. The Balaban J connectivity index is 0.000000187. The lowest BCUT2D eigenvalue weighted by atomic mass is 11.0. The minimum absolute atomic E-state index is 1.47. The average Bonchev–Trinajstić information content (AvgIpc) is 1.93. The number of rotatable bonds is 0. The molecule has 0 saturated carbocycles. The highest BCUT2D eigenvalue weighted by atomic mass is 15.4. The van der Waals surface area contributed by atoms with Crippen LogP contribution in [0.2, 0.25) is 0 Å². The van der Waals surface area contributed by atoms with E-state index in [0.717, 1.165) is 0 Å². The molecule has 9 heavy (non-hydrogen) atoms. The van der Waals surface area contributed by atoms with Gasteiger partial charge in [-0.3, -0.25) is 0 Å². The minimum Gasteiger partial charge on any atom is -0.137 e. The van der Waals surface area contributed by atoms with Gasteiger partial charge in [0.2, 0.25) is 0 Å². The van der Waals surface area contributed by atoms with E-state index in [9.17, 15) is 0 Å². The normalized spacial score (nSPS) is 6.22. The van der Waals surface area contributed by atoms with E-state index in [0.29, 0.717) is 0 Å². The summed E-state index contributed by atoms with van der Waals surface area (Å²) in [4.78, 5) is 0. The molecule has 0 saturated heterocycles. The van der Waals surface area contributed by atoms with Crippen molar-refractivity contribution >= 4 is 0 Å². The highest BCUT2D eigenvalue weighted by Crippen LogP contribution is 1.53. The van der Waals surface area contributed by atoms with Crippen LogP contribution in [0.3, 0.4) is 0 Å². The molecule has 0 spiro atoms. The van der Waals surface area contributed by atoms with E-state index in [-0.39, 0.29) is 0 Å². The molecule has 4 heteroatoms. The monoisotopic (exact) mass is 122 g/mol. The topological polar surface area (TPSA) is 51.6 Å². The summed E-state index contributed by atoms with van der Waals surface area (Å²) < 4.78 is 0. The van der Waals surface area contributed by atoms with Crippen molar-refractivity contribution in [2.24, 2.45) is 0 Å². The van der Waals surface area contributed by atoms with Crippen molar-refractivity contribution in [2.75, 3.05) is 0 Å². The van der Waals surface area contributed by atoms with Crippen LogP contribution in [0.15, 0.2) is 31.3 Å². The highest BCUT2D eigenvalue weighted by Gasteiger charge is 1.61. The molecule has 0 aromatic carbocycles. The summed E-state index contributed by atoms with van der Waals surface area (Å²) in [5.74, 6) is 0. The van der Waals surface area contributed by atoms with Crippen molar-refractivity contribution in [1.82, 2.24) is 20.6 Å². The van der Waals surface area contributed by atoms with Gasteiger partial charge in [0.05, 0.1) is 12.4 Å². The fraction of sp³-hybridized carbons (Fsp3) is 0. The Hall–Kier alpha value is -1.54. The summed E-state index contributed by atoms with van der Waals surface area (Å²) in [6, 6.07) is 0. The van der Waals surface area contributed by atoms with Crippen LogP contribution in [0, 0.1) is 0 Å². The van der Waals surface area contributed by atoms with E-state index in [1.165, 1.54) is 12.4 Å². The summed E-state index contributed by atoms with van der Waals surface area (Å²) >= 11 is 0. The van der Waals surface area contributed by atoms with Crippen LogP contribution >= 0.6 is 0 Å². The van der Waals surface area contributed by atoms with E-state index < -0.39 is 0 Å². The second kappa shape index (κ2) is 6.46. The van der Waals surface area contributed by atoms with Crippen molar-refractivity contribution in [3.05, 3.63) is 31.3 Å². The molecule has 0 aliphatic rings. The van der Waals surface area contributed by atoms with Crippen LogP contribution in [0.5, 0.6) is 0 Å². The molecular weight excluding hydrogens is 116 g/mol. The molecule has 0 radical (unpaired) electrons. The van der Waals surface area contributed by atoms with E-state index >= 15 is 0 Å². The summed E-state index contributed by atoms with van der Waals surface area (Å²) in [6.07, 6.45) is 2.93. The maximum absolute atomic E-state index is 3.36. The predicted molar refractivity (Wildman–Crippen MR) is 32.4 cm³/mol. The van der Waals surface area contributed by atoms with Gasteiger partial charge in [0.15, 0.2) is 0 Å². The fourth-order valence-corrected chi connectivity index (χ4v) is 0.165. The Bertz CT molecular complexity index is 139. The predicted octanol–water partition coefficient (Wildman–Crippen LogP) is 0.224. The molecule has 0 unspecified atom stereocenters. The van der Waals surface area contributed by atoms with Crippen molar-refractivity contribution < 1.29 is 0 Å². The Kier molecular flexibility index (Phi) is 5.35. The van der Waals surface area contributed by atoms with Gasteiger partial charge < -0.3 is 0 Å². The Labute approximate surface area is 52.9 Å². The lowest BCUT2D eigenvalue weighted by molar-refractivity contribution is 0.761. The first-order valence-corrected chi connectivity index (χ1v) is 2.16. The van der Waals surface area contributed by atoms with Gasteiger partial charge in [-0.15, -0.1) is 15.9 Å². The maximum atomic E-state index is 3.36. The van der Waals surface area contributed by atoms with Crippen LogP contribution in [-0.2, 0) is 0 Å². The van der Waals surface area contributed by atoms with Crippen LogP contribution in [-0.4, -0.2) is 20.6 Å². The standard InChI is InChI=1S/C3H4.C2H2N4/c1-3-2;1-2-4-6-5-3-1/h1-2H2;1-2H. The molecule has 0 amide bonds. The lowest BCUT2D eigenvalue weighted by Crippen LogP contribution is -1.84. The van der Waals surface area contributed by atoms with Crippen LogP contribution in [0.25, 0.3) is 0 Å². The van der Waals surface area contributed by atoms with Crippen LogP contribution in [0.4, 0.5) is 0 Å². The second-order valence-corrected chi connectivity index (χ2v) is 0.958. The van der Waals surface area contributed by atoms with Gasteiger partial charge in [0.1, 0.15) is 0 Å². The summed E-state index contributed by atoms with van der Waals surface area (Å²) in [5, 5.41) is 13.1. The molecule has 0 aliphatic heterocycles. The largest absolute Gasteiger partial charge is 0.137 e. The zero-order valence-corrected chi connectivity index (χ0v) is 4.86. The molecule has 1 rings (SSSR count). The van der Waals surface area contributed by atoms with Gasteiger partial charge in [0, 0.05) is 0 Å². The first kappa shape index (κ1) is 7.46. The van der Waals surface area contributed by atoms with Crippen molar-refractivity contribution in [3.63, 3.8) is 0 Å². The van der Waals surface area contributed by atoms with Gasteiger partial charge in [-0.05, 0) is 10.4 Å². The number of nitrogens with zero attached hydrogens (tertiary/aromatic N) is 4. The summed E-state index contributed by atoms with van der Waals surface area (Å²) in [7, 11) is 0. The molecule has 46 valence electrons. The molecule has 1 heterocycles. The van der Waals surface area contributed by atoms with Gasteiger partial charge >= 0.3 is 0 Å². The Morgan fingerprint density at radius 2 is 1.33 bits per heavy atom. The molecule has 0 fully saturated rings. The molecule has 0 atom stereocenters. The summed E-state index contributed by atoms with van der Waals surface area (Å²) in [5.41, 5.74) is 2.25. The first-order valence-electron chi connectivity index (χ1n) is 2.16. The number of aromatic nitrogens is 4. The number of hydrogen-bond acceptors (Lipinski definition) is 4. The first-order chi connectivity index (χ1) is 4.41. The van der Waals surface area contributed by atoms with Crippen LogP contribution in [0.1, 0.15) is 0 Å². The zero-order valence-electron chi connectivity index (χ0n) is 4.86. The van der Waals surface area contributed by atoms with E-state index in [2.05, 4.69) is 39.5 Å². The maximum Gasteiger partial charge on any atom is 0.0716 e. The number of hydrogen-bond donors (Lipinski definition) is 0. The average molecular weight is 122 g/mol. The molecule has 0 N–H and O–H groups in total. The molecular formula is C5H6N4. The smallest absolute Gasteiger partial charge is 0.0716 e. The lowest BCUT2D eigenvalue weighted by Gasteiger charge is -1.67.